The zero-order chi connectivity index (χ0) is 18.1. The lowest BCUT2D eigenvalue weighted by molar-refractivity contribution is -0.124. The van der Waals surface area contributed by atoms with Gasteiger partial charge in [0.25, 0.3) is 0 Å². The van der Waals surface area contributed by atoms with Crippen LogP contribution in [0.5, 0.6) is 0 Å². The van der Waals surface area contributed by atoms with Gasteiger partial charge in [0.2, 0.25) is 5.91 Å². The van der Waals surface area contributed by atoms with Crippen LogP contribution in [-0.4, -0.2) is 32.4 Å². The topological polar surface area (TPSA) is 73.9 Å². The van der Waals surface area contributed by atoms with E-state index in [0.717, 1.165) is 45.7 Å². The molecule has 0 saturated heterocycles. The minimum absolute atomic E-state index is 0.0510. The van der Waals surface area contributed by atoms with Crippen molar-refractivity contribution in [3.63, 3.8) is 0 Å². The first kappa shape index (κ1) is 16.3. The lowest BCUT2D eigenvalue weighted by atomic mass is 9.99. The van der Waals surface area contributed by atoms with Crippen LogP contribution in [0, 0.1) is 0 Å². The molecule has 26 heavy (non-hydrogen) atoms. The van der Waals surface area contributed by atoms with Crippen molar-refractivity contribution < 1.29 is 4.79 Å². The zero-order valence-electron chi connectivity index (χ0n) is 14.9. The Balaban J connectivity index is 1.80. The SMILES string of the molecule is CCC1=C(c2ccc3nc(-c4ccncc4)[nH]c3c2)N(CC)NC(=O)C1. The molecule has 4 rings (SSSR count). The number of fused-ring (bicyclic) bond motifs is 1. The van der Waals surface area contributed by atoms with Crippen LogP contribution in [-0.2, 0) is 4.79 Å². The predicted octanol–water partition coefficient (Wildman–Crippen LogP) is 3.50. The van der Waals surface area contributed by atoms with Crippen LogP contribution in [0.2, 0.25) is 0 Å². The van der Waals surface area contributed by atoms with Crippen LogP contribution in [0.25, 0.3) is 28.1 Å². The molecular formula is C20H21N5O. The number of rotatable bonds is 4. The van der Waals surface area contributed by atoms with Crippen molar-refractivity contribution in [1.82, 2.24) is 25.4 Å². The lowest BCUT2D eigenvalue weighted by Crippen LogP contribution is -2.44. The van der Waals surface area contributed by atoms with E-state index in [1.165, 1.54) is 0 Å². The first-order valence-corrected chi connectivity index (χ1v) is 8.89. The molecule has 0 fully saturated rings. The molecule has 0 unspecified atom stereocenters. The van der Waals surface area contributed by atoms with Gasteiger partial charge in [-0.05, 0) is 43.2 Å². The summed E-state index contributed by atoms with van der Waals surface area (Å²) < 4.78 is 0. The van der Waals surface area contributed by atoms with Gasteiger partial charge < -0.3 is 4.98 Å². The van der Waals surface area contributed by atoms with Crippen LogP contribution in [0.1, 0.15) is 32.3 Å². The molecule has 3 heterocycles. The Bertz CT molecular complexity index is 990. The van der Waals surface area contributed by atoms with E-state index >= 15 is 0 Å². The molecule has 2 N–H and O–H groups in total. The maximum absolute atomic E-state index is 11.9. The molecule has 0 radical (unpaired) electrons. The molecule has 0 saturated carbocycles. The second kappa shape index (κ2) is 6.63. The van der Waals surface area contributed by atoms with E-state index in [2.05, 4.69) is 39.4 Å². The Kier molecular flexibility index (Phi) is 4.16. The minimum atomic E-state index is 0.0510. The highest BCUT2D eigenvalue weighted by Gasteiger charge is 2.24. The molecule has 1 amide bonds. The quantitative estimate of drug-likeness (QED) is 0.757. The number of nitrogens with zero attached hydrogens (tertiary/aromatic N) is 3. The third kappa shape index (κ3) is 2.83. The van der Waals surface area contributed by atoms with E-state index in [-0.39, 0.29) is 5.91 Å². The number of aromatic nitrogens is 3. The average Bonchev–Trinajstić information content (AvgIpc) is 3.11. The third-order valence-corrected chi connectivity index (χ3v) is 4.69. The lowest BCUT2D eigenvalue weighted by Gasteiger charge is -2.33. The fourth-order valence-corrected chi connectivity index (χ4v) is 3.41. The van der Waals surface area contributed by atoms with E-state index in [4.69, 9.17) is 0 Å². The molecule has 3 aromatic rings. The summed E-state index contributed by atoms with van der Waals surface area (Å²) in [5.74, 6) is 0.878. The minimum Gasteiger partial charge on any atom is -0.338 e. The van der Waals surface area contributed by atoms with Gasteiger partial charge in [0.05, 0.1) is 23.2 Å². The fraction of sp³-hybridized carbons (Fsp3) is 0.250. The number of amides is 1. The Morgan fingerprint density at radius 3 is 2.65 bits per heavy atom. The molecule has 1 aromatic carbocycles. The van der Waals surface area contributed by atoms with E-state index in [0.29, 0.717) is 13.0 Å². The summed E-state index contributed by atoms with van der Waals surface area (Å²) in [7, 11) is 0. The van der Waals surface area contributed by atoms with E-state index < -0.39 is 0 Å². The van der Waals surface area contributed by atoms with Crippen LogP contribution in [0.15, 0.2) is 48.3 Å². The number of imidazole rings is 1. The number of aromatic amines is 1. The Labute approximate surface area is 151 Å². The largest absolute Gasteiger partial charge is 0.338 e. The number of benzene rings is 1. The molecular weight excluding hydrogens is 326 g/mol. The first-order valence-electron chi connectivity index (χ1n) is 8.89. The summed E-state index contributed by atoms with van der Waals surface area (Å²) in [4.78, 5) is 24.1. The number of hydrogen-bond donors (Lipinski definition) is 2. The Morgan fingerprint density at radius 2 is 1.92 bits per heavy atom. The van der Waals surface area contributed by atoms with Crippen molar-refractivity contribution in [1.29, 1.82) is 0 Å². The summed E-state index contributed by atoms with van der Waals surface area (Å²) in [5.41, 5.74) is 9.20. The molecule has 6 heteroatoms. The monoisotopic (exact) mass is 347 g/mol. The van der Waals surface area contributed by atoms with Gasteiger partial charge in [-0.2, -0.15) is 0 Å². The molecule has 0 aliphatic carbocycles. The summed E-state index contributed by atoms with van der Waals surface area (Å²) in [6.07, 6.45) is 4.82. The molecule has 2 aromatic heterocycles. The number of H-pyrrole nitrogens is 1. The van der Waals surface area contributed by atoms with Crippen molar-refractivity contribution in [3.05, 3.63) is 53.9 Å². The zero-order valence-corrected chi connectivity index (χ0v) is 14.9. The molecule has 1 aliphatic rings. The van der Waals surface area contributed by atoms with E-state index in [9.17, 15) is 4.79 Å². The number of carbonyl (C=O) groups is 1. The number of nitrogens with one attached hydrogen (secondary N) is 2. The predicted molar refractivity (Wildman–Crippen MR) is 102 cm³/mol. The smallest absolute Gasteiger partial charge is 0.242 e. The molecule has 6 nitrogen and oxygen atoms in total. The molecule has 1 aliphatic heterocycles. The van der Waals surface area contributed by atoms with Crippen LogP contribution >= 0.6 is 0 Å². The first-order chi connectivity index (χ1) is 12.7. The highest BCUT2D eigenvalue weighted by atomic mass is 16.2. The van der Waals surface area contributed by atoms with Crippen LogP contribution in [0.3, 0.4) is 0 Å². The van der Waals surface area contributed by atoms with E-state index in [1.54, 1.807) is 12.4 Å². The van der Waals surface area contributed by atoms with E-state index in [1.807, 2.05) is 30.1 Å². The van der Waals surface area contributed by atoms with Gasteiger partial charge in [-0.25, -0.2) is 4.98 Å². The maximum atomic E-state index is 11.9. The van der Waals surface area contributed by atoms with Gasteiger partial charge in [-0.3, -0.25) is 20.2 Å². The van der Waals surface area contributed by atoms with Gasteiger partial charge in [-0.15, -0.1) is 0 Å². The van der Waals surface area contributed by atoms with Crippen molar-refractivity contribution in [2.75, 3.05) is 6.54 Å². The molecule has 132 valence electrons. The molecule has 0 spiro atoms. The average molecular weight is 347 g/mol. The summed E-state index contributed by atoms with van der Waals surface area (Å²) in [6, 6.07) is 10.1. The van der Waals surface area contributed by atoms with Gasteiger partial charge in [-0.1, -0.05) is 13.0 Å². The highest BCUT2D eigenvalue weighted by Crippen LogP contribution is 2.31. The second-order valence-corrected chi connectivity index (χ2v) is 6.31. The highest BCUT2D eigenvalue weighted by molar-refractivity contribution is 5.88. The van der Waals surface area contributed by atoms with Crippen molar-refractivity contribution in [2.24, 2.45) is 0 Å². The van der Waals surface area contributed by atoms with Gasteiger partial charge in [0.1, 0.15) is 5.82 Å². The summed E-state index contributed by atoms with van der Waals surface area (Å²) in [5, 5.41) is 1.94. The number of pyridine rings is 1. The number of carbonyl (C=O) groups excluding carboxylic acids is 1. The number of hydrogen-bond acceptors (Lipinski definition) is 4. The van der Waals surface area contributed by atoms with Crippen molar-refractivity contribution in [2.45, 2.75) is 26.7 Å². The fourth-order valence-electron chi connectivity index (χ4n) is 3.41. The molecule has 0 bridgehead atoms. The van der Waals surface area contributed by atoms with Crippen molar-refractivity contribution >= 4 is 22.6 Å². The number of hydrazine groups is 1. The van der Waals surface area contributed by atoms with Gasteiger partial charge >= 0.3 is 0 Å². The third-order valence-electron chi connectivity index (χ3n) is 4.69. The van der Waals surface area contributed by atoms with Crippen LogP contribution in [0.4, 0.5) is 0 Å². The Hall–Kier alpha value is -3.15. The van der Waals surface area contributed by atoms with Crippen LogP contribution < -0.4 is 5.43 Å². The summed E-state index contributed by atoms with van der Waals surface area (Å²) in [6.45, 7) is 4.85. The van der Waals surface area contributed by atoms with Crippen molar-refractivity contribution in [3.8, 4) is 11.4 Å². The van der Waals surface area contributed by atoms with Gasteiger partial charge in [0, 0.05) is 30.1 Å². The standard InChI is InChI=1S/C20H21N5O/c1-3-13-12-18(26)24-25(4-2)19(13)15-5-6-16-17(11-15)23-20(22-16)14-7-9-21-10-8-14/h5-11H,3-4,12H2,1-2H3,(H,22,23)(H,24,26). The molecule has 0 atom stereocenters. The normalized spacial score (nSPS) is 14.8. The summed E-state index contributed by atoms with van der Waals surface area (Å²) >= 11 is 0. The van der Waals surface area contributed by atoms with Gasteiger partial charge in [0.15, 0.2) is 0 Å². The Morgan fingerprint density at radius 1 is 1.12 bits per heavy atom. The second-order valence-electron chi connectivity index (χ2n) is 6.31. The maximum Gasteiger partial charge on any atom is 0.242 e.